The number of likely N-dealkylation sites (tertiary alicyclic amines) is 1. The van der Waals surface area contributed by atoms with Crippen molar-refractivity contribution in [3.05, 3.63) is 0 Å². The number of hydrogen-bond acceptors (Lipinski definition) is 3. The second-order valence-corrected chi connectivity index (χ2v) is 7.32. The lowest BCUT2D eigenvalue weighted by molar-refractivity contribution is -0.130. The molecule has 0 unspecified atom stereocenters. The molecule has 0 aromatic rings. The van der Waals surface area contributed by atoms with E-state index in [9.17, 15) is 14.9 Å². The summed E-state index contributed by atoms with van der Waals surface area (Å²) in [7, 11) is 0. The molecule has 2 amide bonds. The van der Waals surface area contributed by atoms with Crippen molar-refractivity contribution in [2.45, 2.75) is 65.0 Å². The van der Waals surface area contributed by atoms with Gasteiger partial charge in [0.25, 0.3) is 0 Å². The molecular weight excluding hydrogens is 266 g/mol. The van der Waals surface area contributed by atoms with Crippen LogP contribution in [0.15, 0.2) is 0 Å². The highest BCUT2D eigenvalue weighted by molar-refractivity contribution is 5.89. The van der Waals surface area contributed by atoms with Gasteiger partial charge in [0.15, 0.2) is 0 Å². The van der Waals surface area contributed by atoms with Gasteiger partial charge >= 0.3 is 0 Å². The van der Waals surface area contributed by atoms with E-state index >= 15 is 0 Å². The fraction of sp³-hybridized carbons (Fsp3) is 0.812. The van der Waals surface area contributed by atoms with Gasteiger partial charge in [0.2, 0.25) is 11.8 Å². The Morgan fingerprint density at radius 1 is 1.38 bits per heavy atom. The Kier molecular flexibility index (Phi) is 4.55. The molecule has 0 aromatic carbocycles. The Hall–Kier alpha value is -1.57. The van der Waals surface area contributed by atoms with Gasteiger partial charge in [-0.3, -0.25) is 9.59 Å². The highest BCUT2D eigenvalue weighted by Gasteiger charge is 2.39. The summed E-state index contributed by atoms with van der Waals surface area (Å²) in [4.78, 5) is 26.3. The van der Waals surface area contributed by atoms with E-state index in [1.54, 1.807) is 0 Å². The van der Waals surface area contributed by atoms with E-state index < -0.39 is 6.04 Å². The molecular formula is C16H25N3O2. The third-order valence-electron chi connectivity index (χ3n) is 4.58. The van der Waals surface area contributed by atoms with Crippen molar-refractivity contribution in [1.82, 2.24) is 10.2 Å². The summed E-state index contributed by atoms with van der Waals surface area (Å²) in [5.74, 6) is -0.382. The van der Waals surface area contributed by atoms with Crippen molar-refractivity contribution in [1.29, 1.82) is 5.26 Å². The Balaban J connectivity index is 1.95. The molecule has 0 aromatic heterocycles. The normalized spacial score (nSPS) is 25.0. The third kappa shape index (κ3) is 3.55. The number of hydrogen-bond donors (Lipinski definition) is 1. The Morgan fingerprint density at radius 2 is 2.00 bits per heavy atom. The molecule has 0 bridgehead atoms. The van der Waals surface area contributed by atoms with E-state index in [1.165, 1.54) is 12.8 Å². The van der Waals surface area contributed by atoms with Gasteiger partial charge in [-0.15, -0.1) is 0 Å². The van der Waals surface area contributed by atoms with E-state index in [4.69, 9.17) is 0 Å². The van der Waals surface area contributed by atoms with Gasteiger partial charge in [-0.25, -0.2) is 0 Å². The minimum atomic E-state index is -0.527. The molecule has 0 spiro atoms. The number of nitriles is 1. The first kappa shape index (κ1) is 15.8. The summed E-state index contributed by atoms with van der Waals surface area (Å²) in [6.07, 6.45) is 4.74. The number of nitrogens with one attached hydrogen (secondary N) is 1. The van der Waals surface area contributed by atoms with Crippen LogP contribution in [0, 0.1) is 22.7 Å². The molecule has 2 aliphatic rings. The van der Waals surface area contributed by atoms with Crippen LogP contribution in [0.3, 0.4) is 0 Å². The maximum Gasteiger partial charge on any atom is 0.226 e. The first-order chi connectivity index (χ1) is 9.82. The second-order valence-electron chi connectivity index (χ2n) is 7.32. The lowest BCUT2D eigenvalue weighted by Gasteiger charge is -2.27. The second kappa shape index (κ2) is 6.05. The maximum atomic E-state index is 12.3. The highest BCUT2D eigenvalue weighted by atomic mass is 16.2. The quantitative estimate of drug-likeness (QED) is 0.862. The summed E-state index contributed by atoms with van der Waals surface area (Å²) in [5, 5.41) is 12.0. The molecule has 1 saturated heterocycles. The van der Waals surface area contributed by atoms with Gasteiger partial charge in [0.05, 0.1) is 12.0 Å². The fourth-order valence-corrected chi connectivity index (χ4v) is 3.18. The van der Waals surface area contributed by atoms with Crippen molar-refractivity contribution in [2.75, 3.05) is 6.54 Å². The molecule has 1 aliphatic heterocycles. The number of carbonyl (C=O) groups excluding carboxylic acids is 2. The minimum Gasteiger partial charge on any atom is -0.340 e. The van der Waals surface area contributed by atoms with E-state index in [-0.39, 0.29) is 29.6 Å². The van der Waals surface area contributed by atoms with Crippen molar-refractivity contribution in [3.8, 4) is 6.07 Å². The molecule has 1 saturated carbocycles. The van der Waals surface area contributed by atoms with E-state index in [0.717, 1.165) is 12.8 Å². The van der Waals surface area contributed by atoms with Gasteiger partial charge in [-0.2, -0.15) is 5.26 Å². The number of rotatable bonds is 3. The van der Waals surface area contributed by atoms with Crippen LogP contribution in [0.2, 0.25) is 0 Å². The van der Waals surface area contributed by atoms with Crippen molar-refractivity contribution < 1.29 is 9.59 Å². The van der Waals surface area contributed by atoms with E-state index in [0.29, 0.717) is 12.6 Å². The molecule has 5 heteroatoms. The first-order valence-corrected chi connectivity index (χ1v) is 7.82. The topological polar surface area (TPSA) is 73.2 Å². The summed E-state index contributed by atoms with van der Waals surface area (Å²) in [6.45, 7) is 6.28. The standard InChI is InChI=1S/C16H25N3O2/c1-16(2,3)13(9-17)18-15(21)11-8-14(20)19(10-11)12-6-4-5-7-12/h11-13H,4-8,10H2,1-3H3,(H,18,21)/t11-,13-/m1/s1. The van der Waals surface area contributed by atoms with Gasteiger partial charge in [0, 0.05) is 19.0 Å². The average molecular weight is 291 g/mol. The van der Waals surface area contributed by atoms with Gasteiger partial charge in [-0.1, -0.05) is 33.6 Å². The van der Waals surface area contributed by atoms with Gasteiger partial charge in [-0.05, 0) is 18.3 Å². The molecule has 2 fully saturated rings. The van der Waals surface area contributed by atoms with Crippen molar-refractivity contribution in [2.24, 2.45) is 11.3 Å². The van der Waals surface area contributed by atoms with Gasteiger partial charge < -0.3 is 10.2 Å². The Labute approximate surface area is 126 Å². The maximum absolute atomic E-state index is 12.3. The lowest BCUT2D eigenvalue weighted by Crippen LogP contribution is -2.46. The Bertz CT molecular complexity index is 455. The van der Waals surface area contributed by atoms with Crippen molar-refractivity contribution in [3.63, 3.8) is 0 Å². The fourth-order valence-electron chi connectivity index (χ4n) is 3.18. The van der Waals surface area contributed by atoms with Crippen LogP contribution >= 0.6 is 0 Å². The number of carbonyl (C=O) groups is 2. The number of amides is 2. The van der Waals surface area contributed by atoms with Crippen LogP contribution < -0.4 is 5.32 Å². The zero-order chi connectivity index (χ0) is 15.6. The zero-order valence-corrected chi connectivity index (χ0v) is 13.2. The smallest absolute Gasteiger partial charge is 0.226 e. The third-order valence-corrected chi connectivity index (χ3v) is 4.58. The molecule has 2 rings (SSSR count). The summed E-state index contributed by atoms with van der Waals surface area (Å²) < 4.78 is 0. The lowest BCUT2D eigenvalue weighted by atomic mass is 9.87. The van der Waals surface area contributed by atoms with E-state index in [1.807, 2.05) is 25.7 Å². The largest absolute Gasteiger partial charge is 0.340 e. The molecule has 1 aliphatic carbocycles. The minimum absolute atomic E-state index is 0.0892. The van der Waals surface area contributed by atoms with Gasteiger partial charge in [0.1, 0.15) is 6.04 Å². The van der Waals surface area contributed by atoms with E-state index in [2.05, 4.69) is 11.4 Å². The Morgan fingerprint density at radius 3 is 2.52 bits per heavy atom. The van der Waals surface area contributed by atoms with Crippen LogP contribution in [0.1, 0.15) is 52.9 Å². The van der Waals surface area contributed by atoms with Crippen LogP contribution in [0.4, 0.5) is 0 Å². The molecule has 116 valence electrons. The summed E-state index contributed by atoms with van der Waals surface area (Å²) in [5.41, 5.74) is -0.307. The van der Waals surface area contributed by atoms with Crippen LogP contribution in [0.5, 0.6) is 0 Å². The van der Waals surface area contributed by atoms with Crippen LogP contribution in [0.25, 0.3) is 0 Å². The van der Waals surface area contributed by atoms with Crippen LogP contribution in [-0.4, -0.2) is 35.3 Å². The average Bonchev–Trinajstić information content (AvgIpc) is 3.02. The highest BCUT2D eigenvalue weighted by Crippen LogP contribution is 2.30. The zero-order valence-electron chi connectivity index (χ0n) is 13.2. The van der Waals surface area contributed by atoms with Crippen LogP contribution in [-0.2, 0) is 9.59 Å². The van der Waals surface area contributed by atoms with Crippen molar-refractivity contribution >= 4 is 11.8 Å². The predicted octanol–water partition coefficient (Wildman–Crippen LogP) is 1.83. The monoisotopic (exact) mass is 291 g/mol. The molecule has 21 heavy (non-hydrogen) atoms. The first-order valence-electron chi connectivity index (χ1n) is 7.82. The summed E-state index contributed by atoms with van der Waals surface area (Å²) >= 11 is 0. The predicted molar refractivity (Wildman–Crippen MR) is 79.1 cm³/mol. The molecule has 5 nitrogen and oxygen atoms in total. The number of nitrogens with zero attached hydrogens (tertiary/aromatic N) is 2. The molecule has 2 atom stereocenters. The molecule has 1 N–H and O–H groups in total. The SMILES string of the molecule is CC(C)(C)[C@@H](C#N)NC(=O)[C@@H]1CC(=O)N(C2CCCC2)C1. The molecule has 0 radical (unpaired) electrons. The molecule has 1 heterocycles. The summed E-state index contributed by atoms with van der Waals surface area (Å²) in [6, 6.07) is 1.94.